The quantitative estimate of drug-likeness (QED) is 0.357. The second-order valence-electron chi connectivity index (χ2n) is 2.80. The van der Waals surface area contributed by atoms with E-state index in [1.807, 2.05) is 0 Å². The molecule has 0 saturated heterocycles. The summed E-state index contributed by atoms with van der Waals surface area (Å²) in [5, 5.41) is 13.3. The van der Waals surface area contributed by atoms with E-state index in [9.17, 15) is 14.5 Å². The Hall–Kier alpha value is -2.09. The van der Waals surface area contributed by atoms with Gasteiger partial charge in [-0.25, -0.2) is 4.39 Å². The Labute approximate surface area is 86.3 Å². The normalized spacial score (nSPS) is 9.33. The Morgan fingerprint density at radius 3 is 2.93 bits per heavy atom. The molecule has 1 aromatic rings. The monoisotopic (exact) mass is 208 g/mol. The number of nitrogens with zero attached hydrogens (tertiary/aromatic N) is 1. The van der Waals surface area contributed by atoms with E-state index in [2.05, 4.69) is 11.2 Å². The summed E-state index contributed by atoms with van der Waals surface area (Å²) >= 11 is 0. The van der Waals surface area contributed by atoms with E-state index in [0.717, 1.165) is 18.2 Å². The second-order valence-corrected chi connectivity index (χ2v) is 2.80. The largest absolute Gasteiger partial charge is 0.378 e. The van der Waals surface area contributed by atoms with Crippen LogP contribution in [0.1, 0.15) is 6.42 Å². The minimum Gasteiger partial charge on any atom is -0.378 e. The number of anilines is 1. The highest BCUT2D eigenvalue weighted by atomic mass is 19.1. The lowest BCUT2D eigenvalue weighted by atomic mass is 10.2. The number of nitro groups is 1. The number of nitro benzene ring substituents is 1. The van der Waals surface area contributed by atoms with E-state index in [4.69, 9.17) is 6.42 Å². The van der Waals surface area contributed by atoms with Crippen molar-refractivity contribution in [2.75, 3.05) is 11.9 Å². The molecule has 0 heterocycles. The first-order valence-electron chi connectivity index (χ1n) is 4.26. The van der Waals surface area contributed by atoms with Crippen LogP contribution in [0.25, 0.3) is 0 Å². The summed E-state index contributed by atoms with van der Waals surface area (Å²) in [4.78, 5) is 10.00. The van der Waals surface area contributed by atoms with Gasteiger partial charge in [0.25, 0.3) is 5.69 Å². The fourth-order valence-corrected chi connectivity index (χ4v) is 1.08. The molecule has 5 heteroatoms. The van der Waals surface area contributed by atoms with Gasteiger partial charge in [-0.2, -0.15) is 0 Å². The average Bonchev–Trinajstić information content (AvgIpc) is 2.18. The Morgan fingerprint density at radius 1 is 1.60 bits per heavy atom. The van der Waals surface area contributed by atoms with Gasteiger partial charge in [-0.05, 0) is 6.07 Å². The molecule has 0 atom stereocenters. The smallest absolute Gasteiger partial charge is 0.292 e. The number of hydrogen-bond donors (Lipinski definition) is 1. The molecule has 0 bridgehead atoms. The lowest BCUT2D eigenvalue weighted by Gasteiger charge is -2.04. The zero-order valence-electron chi connectivity index (χ0n) is 7.87. The van der Waals surface area contributed by atoms with Crippen molar-refractivity contribution in [2.45, 2.75) is 6.42 Å². The Bertz CT molecular complexity index is 412. The molecule has 0 radical (unpaired) electrons. The van der Waals surface area contributed by atoms with Gasteiger partial charge in [0.15, 0.2) is 0 Å². The summed E-state index contributed by atoms with van der Waals surface area (Å²) in [5.74, 6) is 1.85. The fourth-order valence-electron chi connectivity index (χ4n) is 1.08. The third-order valence-electron chi connectivity index (χ3n) is 1.74. The van der Waals surface area contributed by atoms with Crippen molar-refractivity contribution < 1.29 is 9.31 Å². The zero-order chi connectivity index (χ0) is 11.3. The van der Waals surface area contributed by atoms with Crippen LogP contribution in [-0.4, -0.2) is 11.5 Å². The topological polar surface area (TPSA) is 55.2 Å². The Morgan fingerprint density at radius 2 is 2.33 bits per heavy atom. The van der Waals surface area contributed by atoms with Gasteiger partial charge >= 0.3 is 0 Å². The van der Waals surface area contributed by atoms with Gasteiger partial charge in [0.1, 0.15) is 11.5 Å². The maximum absolute atomic E-state index is 12.8. The predicted molar refractivity (Wildman–Crippen MR) is 55.0 cm³/mol. The average molecular weight is 208 g/mol. The van der Waals surface area contributed by atoms with Crippen molar-refractivity contribution in [1.82, 2.24) is 0 Å². The Balaban J connectivity index is 2.88. The van der Waals surface area contributed by atoms with Gasteiger partial charge in [-0.1, -0.05) is 0 Å². The predicted octanol–water partition coefficient (Wildman–Crippen LogP) is 2.17. The summed E-state index contributed by atoms with van der Waals surface area (Å²) in [6.07, 6.45) is 5.45. The van der Waals surface area contributed by atoms with Gasteiger partial charge < -0.3 is 5.32 Å². The minimum absolute atomic E-state index is 0.148. The lowest BCUT2D eigenvalue weighted by Crippen LogP contribution is -2.03. The zero-order valence-corrected chi connectivity index (χ0v) is 7.87. The number of nitrogens with one attached hydrogen (secondary N) is 1. The highest BCUT2D eigenvalue weighted by molar-refractivity contribution is 5.61. The van der Waals surface area contributed by atoms with Gasteiger partial charge in [-0.3, -0.25) is 10.1 Å². The van der Waals surface area contributed by atoms with Crippen LogP contribution in [0.5, 0.6) is 0 Å². The molecule has 15 heavy (non-hydrogen) atoms. The first-order valence-corrected chi connectivity index (χ1v) is 4.26. The maximum atomic E-state index is 12.8. The Kier molecular flexibility index (Phi) is 3.63. The van der Waals surface area contributed by atoms with Crippen LogP contribution in [0.3, 0.4) is 0 Å². The van der Waals surface area contributed by atoms with Crippen molar-refractivity contribution in [3.05, 3.63) is 34.1 Å². The minimum atomic E-state index is -0.572. The van der Waals surface area contributed by atoms with E-state index in [1.54, 1.807) is 0 Å². The van der Waals surface area contributed by atoms with Gasteiger partial charge in [0, 0.05) is 25.1 Å². The molecule has 1 aromatic carbocycles. The standard InChI is InChI=1S/C10H9FN2O2/c1-2-3-6-12-9-7-8(11)4-5-10(9)13(14)15/h1,4-5,7,12H,3,6H2. The van der Waals surface area contributed by atoms with Gasteiger partial charge in [0.05, 0.1) is 4.92 Å². The van der Waals surface area contributed by atoms with Gasteiger partial charge in [0.2, 0.25) is 0 Å². The lowest BCUT2D eigenvalue weighted by molar-refractivity contribution is -0.384. The van der Waals surface area contributed by atoms with Crippen molar-refractivity contribution in [1.29, 1.82) is 0 Å². The molecule has 0 aliphatic rings. The van der Waals surface area contributed by atoms with Crippen molar-refractivity contribution in [3.63, 3.8) is 0 Å². The molecule has 0 fully saturated rings. The van der Waals surface area contributed by atoms with Crippen molar-refractivity contribution in [2.24, 2.45) is 0 Å². The van der Waals surface area contributed by atoms with Crippen molar-refractivity contribution in [3.8, 4) is 12.3 Å². The molecule has 0 saturated carbocycles. The number of rotatable bonds is 4. The first kappa shape index (κ1) is 11.0. The van der Waals surface area contributed by atoms with E-state index in [-0.39, 0.29) is 11.4 Å². The highest BCUT2D eigenvalue weighted by Crippen LogP contribution is 2.24. The van der Waals surface area contributed by atoms with Crippen LogP contribution in [0.4, 0.5) is 15.8 Å². The molecule has 0 aliphatic heterocycles. The van der Waals surface area contributed by atoms with E-state index in [1.165, 1.54) is 0 Å². The highest BCUT2D eigenvalue weighted by Gasteiger charge is 2.13. The maximum Gasteiger partial charge on any atom is 0.292 e. The van der Waals surface area contributed by atoms with Crippen LogP contribution in [0.15, 0.2) is 18.2 Å². The summed E-state index contributed by atoms with van der Waals surface area (Å²) in [6.45, 7) is 0.376. The van der Waals surface area contributed by atoms with Crippen LogP contribution in [0, 0.1) is 28.3 Å². The third kappa shape index (κ3) is 2.95. The van der Waals surface area contributed by atoms with Crippen LogP contribution >= 0.6 is 0 Å². The molecule has 0 aliphatic carbocycles. The molecular formula is C10H9FN2O2. The fraction of sp³-hybridized carbons (Fsp3) is 0.200. The van der Waals surface area contributed by atoms with Crippen LogP contribution in [0.2, 0.25) is 0 Å². The molecule has 1 N–H and O–H groups in total. The molecule has 0 aromatic heterocycles. The summed E-state index contributed by atoms with van der Waals surface area (Å²) in [6, 6.07) is 3.24. The molecule has 0 spiro atoms. The summed E-state index contributed by atoms with van der Waals surface area (Å²) in [5.41, 5.74) is -0.0105. The molecule has 0 amide bonds. The summed E-state index contributed by atoms with van der Waals surface area (Å²) in [7, 11) is 0. The molecule has 78 valence electrons. The van der Waals surface area contributed by atoms with Gasteiger partial charge in [-0.15, -0.1) is 12.3 Å². The first-order chi connectivity index (χ1) is 7.15. The van der Waals surface area contributed by atoms with E-state index in [0.29, 0.717) is 13.0 Å². The number of terminal acetylenes is 1. The summed E-state index contributed by atoms with van der Waals surface area (Å²) < 4.78 is 12.8. The second kappa shape index (κ2) is 4.96. The van der Waals surface area contributed by atoms with E-state index >= 15 is 0 Å². The van der Waals surface area contributed by atoms with E-state index < -0.39 is 10.7 Å². The van der Waals surface area contributed by atoms with Crippen LogP contribution in [-0.2, 0) is 0 Å². The molecular weight excluding hydrogens is 199 g/mol. The number of hydrogen-bond acceptors (Lipinski definition) is 3. The number of benzene rings is 1. The molecule has 0 unspecified atom stereocenters. The number of halogens is 1. The van der Waals surface area contributed by atoms with Crippen molar-refractivity contribution >= 4 is 11.4 Å². The van der Waals surface area contributed by atoms with Crippen LogP contribution < -0.4 is 5.32 Å². The molecule has 4 nitrogen and oxygen atoms in total. The third-order valence-corrected chi connectivity index (χ3v) is 1.74. The molecule has 1 rings (SSSR count). The SMILES string of the molecule is C#CCCNc1cc(F)ccc1[N+](=O)[O-].